The van der Waals surface area contributed by atoms with Crippen LogP contribution in [0.15, 0.2) is 22.7 Å². The van der Waals surface area contributed by atoms with Crippen LogP contribution in [0.4, 0.5) is 5.69 Å². The Kier molecular flexibility index (Phi) is 2.58. The van der Waals surface area contributed by atoms with Crippen molar-refractivity contribution in [1.82, 2.24) is 0 Å². The quantitative estimate of drug-likeness (QED) is 0.781. The molecule has 0 radical (unpaired) electrons. The highest BCUT2D eigenvalue weighted by atomic mass is 79.9. The van der Waals surface area contributed by atoms with Gasteiger partial charge in [0, 0.05) is 4.47 Å². The highest BCUT2D eigenvalue weighted by molar-refractivity contribution is 9.10. The zero-order chi connectivity index (χ0) is 11.1. The molecule has 86 valence electrons. The van der Waals surface area contributed by atoms with E-state index in [0.717, 1.165) is 21.8 Å². The summed E-state index contributed by atoms with van der Waals surface area (Å²) in [7, 11) is 0. The summed E-state index contributed by atoms with van der Waals surface area (Å²) in [5, 5.41) is 3.62. The van der Waals surface area contributed by atoms with Gasteiger partial charge in [-0.15, -0.1) is 0 Å². The Morgan fingerprint density at radius 3 is 3.12 bits per heavy atom. The Hall–Kier alpha value is -0.700. The molecule has 0 spiro atoms. The van der Waals surface area contributed by atoms with Crippen LogP contribution in [0.5, 0.6) is 5.75 Å². The van der Waals surface area contributed by atoms with Gasteiger partial charge in [-0.3, -0.25) is 0 Å². The Morgan fingerprint density at radius 2 is 2.25 bits per heavy atom. The molecule has 1 aliphatic carbocycles. The van der Waals surface area contributed by atoms with E-state index in [0.29, 0.717) is 12.1 Å². The third kappa shape index (κ3) is 1.81. The van der Waals surface area contributed by atoms with E-state index in [1.807, 2.05) is 12.1 Å². The van der Waals surface area contributed by atoms with E-state index in [4.69, 9.17) is 4.74 Å². The fourth-order valence-corrected chi connectivity index (χ4v) is 3.09. The SMILES string of the molecule is CC1CCC2Oc3ccc(Br)cc3NC2C1. The molecule has 1 heterocycles. The maximum Gasteiger partial charge on any atom is 0.143 e. The normalized spacial score (nSPS) is 32.0. The van der Waals surface area contributed by atoms with Gasteiger partial charge in [-0.25, -0.2) is 0 Å². The molecule has 0 aromatic heterocycles. The first-order valence-corrected chi connectivity index (χ1v) is 6.74. The number of hydrogen-bond donors (Lipinski definition) is 1. The highest BCUT2D eigenvalue weighted by Gasteiger charge is 2.34. The minimum absolute atomic E-state index is 0.366. The lowest BCUT2D eigenvalue weighted by molar-refractivity contribution is 0.112. The standard InChI is InChI=1S/C13H16BrNO/c1-8-2-4-12-10(6-8)15-11-7-9(14)3-5-13(11)16-12/h3,5,7-8,10,12,15H,2,4,6H2,1H3. The second-order valence-corrected chi connectivity index (χ2v) is 5.88. The molecule has 2 aliphatic rings. The minimum atomic E-state index is 0.366. The second-order valence-electron chi connectivity index (χ2n) is 4.97. The van der Waals surface area contributed by atoms with Crippen LogP contribution in [0.3, 0.4) is 0 Å². The number of hydrogen-bond acceptors (Lipinski definition) is 2. The van der Waals surface area contributed by atoms with Crippen LogP contribution in [-0.4, -0.2) is 12.1 Å². The van der Waals surface area contributed by atoms with Crippen LogP contribution in [0.2, 0.25) is 0 Å². The molecule has 16 heavy (non-hydrogen) atoms. The van der Waals surface area contributed by atoms with Crippen molar-refractivity contribution in [2.75, 3.05) is 5.32 Å². The molecule has 3 rings (SSSR count). The lowest BCUT2D eigenvalue weighted by atomic mass is 9.84. The van der Waals surface area contributed by atoms with Gasteiger partial charge in [0.1, 0.15) is 11.9 Å². The van der Waals surface area contributed by atoms with Crippen molar-refractivity contribution in [3.8, 4) is 5.75 Å². The van der Waals surface area contributed by atoms with Crippen molar-refractivity contribution in [3.63, 3.8) is 0 Å². The molecule has 1 N–H and O–H groups in total. The number of anilines is 1. The van der Waals surface area contributed by atoms with Gasteiger partial charge in [-0.2, -0.15) is 0 Å². The van der Waals surface area contributed by atoms with Gasteiger partial charge in [0.05, 0.1) is 11.7 Å². The van der Waals surface area contributed by atoms with Gasteiger partial charge in [0.25, 0.3) is 0 Å². The van der Waals surface area contributed by atoms with Crippen molar-refractivity contribution in [3.05, 3.63) is 22.7 Å². The molecular formula is C13H16BrNO. The van der Waals surface area contributed by atoms with Gasteiger partial charge in [0.15, 0.2) is 0 Å². The summed E-state index contributed by atoms with van der Waals surface area (Å²) < 4.78 is 7.16. The van der Waals surface area contributed by atoms with Crippen molar-refractivity contribution in [2.45, 2.75) is 38.3 Å². The van der Waals surface area contributed by atoms with E-state index in [2.05, 4.69) is 34.2 Å². The first-order chi connectivity index (χ1) is 7.72. The number of benzene rings is 1. The third-order valence-corrected chi connectivity index (χ3v) is 4.10. The maximum atomic E-state index is 6.06. The summed E-state index contributed by atoms with van der Waals surface area (Å²) in [5.74, 6) is 1.81. The molecule has 0 saturated heterocycles. The predicted molar refractivity (Wildman–Crippen MR) is 69.0 cm³/mol. The number of ether oxygens (including phenoxy) is 1. The summed E-state index contributed by atoms with van der Waals surface area (Å²) >= 11 is 3.49. The molecule has 0 amide bonds. The summed E-state index contributed by atoms with van der Waals surface area (Å²) in [4.78, 5) is 0. The van der Waals surface area contributed by atoms with Crippen molar-refractivity contribution in [2.24, 2.45) is 5.92 Å². The topological polar surface area (TPSA) is 21.3 Å². The molecule has 1 saturated carbocycles. The van der Waals surface area contributed by atoms with E-state index in [1.165, 1.54) is 19.3 Å². The van der Waals surface area contributed by atoms with E-state index in [1.54, 1.807) is 0 Å². The number of halogens is 1. The minimum Gasteiger partial charge on any atom is -0.486 e. The summed E-state index contributed by atoms with van der Waals surface area (Å²) in [6.45, 7) is 2.33. The zero-order valence-electron chi connectivity index (χ0n) is 9.37. The number of fused-ring (bicyclic) bond motifs is 2. The van der Waals surface area contributed by atoms with Crippen LogP contribution in [0.25, 0.3) is 0 Å². The molecule has 1 aliphatic heterocycles. The largest absolute Gasteiger partial charge is 0.486 e. The van der Waals surface area contributed by atoms with E-state index >= 15 is 0 Å². The fourth-order valence-electron chi connectivity index (χ4n) is 2.73. The molecule has 1 aromatic carbocycles. The molecule has 0 bridgehead atoms. The second kappa shape index (κ2) is 3.95. The molecule has 2 nitrogen and oxygen atoms in total. The Labute approximate surface area is 105 Å². The summed E-state index contributed by atoms with van der Waals surface area (Å²) in [5.41, 5.74) is 1.13. The average molecular weight is 282 g/mol. The Balaban J connectivity index is 1.88. The number of nitrogens with one attached hydrogen (secondary N) is 1. The molecule has 3 heteroatoms. The molecule has 1 aromatic rings. The first-order valence-electron chi connectivity index (χ1n) is 5.95. The lowest BCUT2D eigenvalue weighted by Crippen LogP contribution is -2.45. The van der Waals surface area contributed by atoms with Crippen LogP contribution < -0.4 is 10.1 Å². The van der Waals surface area contributed by atoms with Gasteiger partial charge >= 0.3 is 0 Å². The zero-order valence-corrected chi connectivity index (χ0v) is 11.0. The first kappa shape index (κ1) is 10.5. The van der Waals surface area contributed by atoms with E-state index in [-0.39, 0.29) is 0 Å². The summed E-state index contributed by atoms with van der Waals surface area (Å²) in [6, 6.07) is 6.67. The average Bonchev–Trinajstić information content (AvgIpc) is 2.26. The van der Waals surface area contributed by atoms with Gasteiger partial charge < -0.3 is 10.1 Å². The number of rotatable bonds is 0. The Morgan fingerprint density at radius 1 is 1.38 bits per heavy atom. The third-order valence-electron chi connectivity index (χ3n) is 3.61. The molecule has 3 unspecified atom stereocenters. The van der Waals surface area contributed by atoms with E-state index in [9.17, 15) is 0 Å². The van der Waals surface area contributed by atoms with Gasteiger partial charge in [-0.05, 0) is 43.4 Å². The highest BCUT2D eigenvalue weighted by Crippen LogP contribution is 2.38. The monoisotopic (exact) mass is 281 g/mol. The lowest BCUT2D eigenvalue weighted by Gasteiger charge is -2.40. The predicted octanol–water partition coefficient (Wildman–Crippen LogP) is 3.81. The molecule has 3 atom stereocenters. The molecular weight excluding hydrogens is 266 g/mol. The van der Waals surface area contributed by atoms with E-state index < -0.39 is 0 Å². The van der Waals surface area contributed by atoms with Gasteiger partial charge in [-0.1, -0.05) is 22.9 Å². The maximum absolute atomic E-state index is 6.06. The van der Waals surface area contributed by atoms with Crippen LogP contribution >= 0.6 is 15.9 Å². The smallest absolute Gasteiger partial charge is 0.143 e. The van der Waals surface area contributed by atoms with Crippen molar-refractivity contribution < 1.29 is 4.74 Å². The Bertz CT molecular complexity index is 407. The van der Waals surface area contributed by atoms with Gasteiger partial charge in [0.2, 0.25) is 0 Å². The van der Waals surface area contributed by atoms with Crippen molar-refractivity contribution in [1.29, 1.82) is 0 Å². The molecule has 1 fully saturated rings. The van der Waals surface area contributed by atoms with Crippen LogP contribution in [0.1, 0.15) is 26.2 Å². The van der Waals surface area contributed by atoms with Crippen LogP contribution in [-0.2, 0) is 0 Å². The van der Waals surface area contributed by atoms with Crippen molar-refractivity contribution >= 4 is 21.6 Å². The fraction of sp³-hybridized carbons (Fsp3) is 0.538. The summed E-state index contributed by atoms with van der Waals surface area (Å²) in [6.07, 6.45) is 4.05. The van der Waals surface area contributed by atoms with Crippen LogP contribution in [0, 0.1) is 5.92 Å².